The molecule has 1 saturated heterocycles. The van der Waals surface area contributed by atoms with Crippen LogP contribution in [0.1, 0.15) is 59.9 Å². The van der Waals surface area contributed by atoms with E-state index in [0.29, 0.717) is 0 Å². The van der Waals surface area contributed by atoms with E-state index in [9.17, 15) is 28.8 Å². The van der Waals surface area contributed by atoms with E-state index in [0.717, 1.165) is 15.4 Å². The van der Waals surface area contributed by atoms with Crippen LogP contribution in [0.2, 0.25) is 0 Å². The van der Waals surface area contributed by atoms with Gasteiger partial charge in [-0.05, 0) is 44.9 Å². The van der Waals surface area contributed by atoms with Gasteiger partial charge in [-0.3, -0.25) is 29.0 Å². The molecular formula is C29H33N3O9. The first-order chi connectivity index (χ1) is 19.3. The van der Waals surface area contributed by atoms with Crippen molar-refractivity contribution in [1.82, 2.24) is 15.1 Å². The van der Waals surface area contributed by atoms with Gasteiger partial charge >= 0.3 is 12.1 Å². The zero-order chi connectivity index (χ0) is 30.3. The number of amides is 5. The van der Waals surface area contributed by atoms with Crippen molar-refractivity contribution >= 4 is 35.7 Å². The Bertz CT molecular complexity index is 1290. The van der Waals surface area contributed by atoms with Crippen LogP contribution in [-0.4, -0.2) is 86.5 Å². The number of rotatable bonds is 7. The maximum absolute atomic E-state index is 12.4. The Balaban J connectivity index is 0.000000229. The predicted molar refractivity (Wildman–Crippen MR) is 145 cm³/mol. The van der Waals surface area contributed by atoms with E-state index >= 15 is 0 Å². The number of piperidine rings is 1. The van der Waals surface area contributed by atoms with Gasteiger partial charge in [0.05, 0.1) is 24.3 Å². The van der Waals surface area contributed by atoms with E-state index < -0.39 is 53.4 Å². The SMILES string of the molecule is CC(C)(C)OC(=O)N[C@@H](Cc1ccccc1)C(=O)O.O=C1CCC(N2C(=O)c3ccccc3C2=O)C(=O)N1CCO. The zero-order valence-electron chi connectivity index (χ0n) is 23.0. The van der Waals surface area contributed by atoms with Crippen LogP contribution in [0, 0.1) is 0 Å². The number of nitrogens with one attached hydrogen (secondary N) is 1. The summed E-state index contributed by atoms with van der Waals surface area (Å²) >= 11 is 0. The Morgan fingerprint density at radius 2 is 1.54 bits per heavy atom. The molecule has 12 heteroatoms. The Morgan fingerprint density at radius 1 is 0.976 bits per heavy atom. The number of aliphatic hydroxyl groups excluding tert-OH is 1. The van der Waals surface area contributed by atoms with Gasteiger partial charge in [0.2, 0.25) is 5.91 Å². The summed E-state index contributed by atoms with van der Waals surface area (Å²) in [6.45, 7) is 4.68. The van der Waals surface area contributed by atoms with Gasteiger partial charge in [0.15, 0.2) is 0 Å². The summed E-state index contributed by atoms with van der Waals surface area (Å²) in [5.74, 6) is -3.13. The number of carbonyl (C=O) groups excluding carboxylic acids is 5. The topological polar surface area (TPSA) is 171 Å². The molecule has 0 aliphatic carbocycles. The number of nitrogens with zero attached hydrogens (tertiary/aromatic N) is 2. The summed E-state index contributed by atoms with van der Waals surface area (Å²) in [6, 6.07) is 13.5. The fraction of sp³-hybridized carbons (Fsp3) is 0.379. The molecule has 1 fully saturated rings. The number of likely N-dealkylation sites (tertiary alicyclic amines) is 1. The smallest absolute Gasteiger partial charge is 0.408 e. The monoisotopic (exact) mass is 567 g/mol. The highest BCUT2D eigenvalue weighted by molar-refractivity contribution is 6.23. The van der Waals surface area contributed by atoms with Crippen LogP contribution in [0.15, 0.2) is 54.6 Å². The third kappa shape index (κ3) is 7.76. The quantitative estimate of drug-likeness (QED) is 0.423. The number of carboxylic acids is 1. The van der Waals surface area contributed by atoms with Crippen molar-refractivity contribution < 1.29 is 43.7 Å². The van der Waals surface area contributed by atoms with Crippen molar-refractivity contribution in [3.05, 3.63) is 71.3 Å². The van der Waals surface area contributed by atoms with E-state index in [1.54, 1.807) is 45.0 Å². The molecule has 0 saturated carbocycles. The molecule has 0 spiro atoms. The van der Waals surface area contributed by atoms with E-state index in [4.69, 9.17) is 14.9 Å². The fourth-order valence-electron chi connectivity index (χ4n) is 4.39. The lowest BCUT2D eigenvalue weighted by Gasteiger charge is -2.34. The van der Waals surface area contributed by atoms with Crippen molar-refractivity contribution in [3.63, 3.8) is 0 Å². The first kappa shape index (κ1) is 31.0. The Labute approximate surface area is 236 Å². The molecule has 0 aromatic heterocycles. The maximum Gasteiger partial charge on any atom is 0.408 e. The number of imide groups is 2. The van der Waals surface area contributed by atoms with Crippen LogP contribution >= 0.6 is 0 Å². The highest BCUT2D eigenvalue weighted by atomic mass is 16.6. The van der Waals surface area contributed by atoms with E-state index in [2.05, 4.69) is 5.32 Å². The van der Waals surface area contributed by atoms with Gasteiger partial charge in [-0.15, -0.1) is 0 Å². The minimum atomic E-state index is -1.09. The van der Waals surface area contributed by atoms with Gasteiger partial charge in [0.1, 0.15) is 17.7 Å². The molecule has 12 nitrogen and oxygen atoms in total. The second-order valence-corrected chi connectivity index (χ2v) is 10.4. The number of carbonyl (C=O) groups is 6. The first-order valence-electron chi connectivity index (χ1n) is 13.0. The number of aliphatic hydroxyl groups is 1. The molecule has 2 heterocycles. The van der Waals surface area contributed by atoms with Gasteiger partial charge < -0.3 is 20.3 Å². The number of hydrogen-bond acceptors (Lipinski definition) is 8. The fourth-order valence-corrected chi connectivity index (χ4v) is 4.39. The lowest BCUT2D eigenvalue weighted by atomic mass is 10.0. The highest BCUT2D eigenvalue weighted by Crippen LogP contribution is 2.28. The minimum absolute atomic E-state index is 0.0593. The van der Waals surface area contributed by atoms with Crippen LogP contribution < -0.4 is 5.32 Å². The average molecular weight is 568 g/mol. The van der Waals surface area contributed by atoms with Crippen LogP contribution in [-0.2, 0) is 25.5 Å². The molecule has 2 aromatic rings. The minimum Gasteiger partial charge on any atom is -0.480 e. The van der Waals surface area contributed by atoms with Crippen LogP contribution in [0.25, 0.3) is 0 Å². The van der Waals surface area contributed by atoms with Crippen molar-refractivity contribution in [2.24, 2.45) is 0 Å². The average Bonchev–Trinajstić information content (AvgIpc) is 3.16. The molecule has 2 aliphatic heterocycles. The number of fused-ring (bicyclic) bond motifs is 1. The van der Waals surface area contributed by atoms with Gasteiger partial charge in [-0.1, -0.05) is 42.5 Å². The normalized spacial score (nSPS) is 17.4. The molecule has 5 amide bonds. The number of carboxylic acid groups (broad SMARTS) is 1. The van der Waals surface area contributed by atoms with E-state index in [-0.39, 0.29) is 43.5 Å². The molecule has 2 aliphatic rings. The largest absolute Gasteiger partial charge is 0.480 e. The number of benzene rings is 2. The van der Waals surface area contributed by atoms with Crippen molar-refractivity contribution in [3.8, 4) is 0 Å². The van der Waals surface area contributed by atoms with Crippen molar-refractivity contribution in [2.75, 3.05) is 13.2 Å². The number of alkyl carbamates (subject to hydrolysis) is 1. The molecule has 3 N–H and O–H groups in total. The standard InChI is InChI=1S/C15H14N2O5.C14H19NO4/c18-8-7-16-12(19)6-5-11(15(16)22)17-13(20)9-3-1-2-4-10(9)14(17)21;1-14(2,3)19-13(18)15-11(12(16)17)9-10-7-5-4-6-8-10/h1-4,11,18H,5-8H2;4-8,11H,9H2,1-3H3,(H,15,18)(H,16,17)/t;11-/m.0/s1. The molecular weight excluding hydrogens is 534 g/mol. The molecule has 4 rings (SSSR count). The molecule has 41 heavy (non-hydrogen) atoms. The van der Waals surface area contributed by atoms with Gasteiger partial charge in [-0.2, -0.15) is 0 Å². The van der Waals surface area contributed by atoms with Gasteiger partial charge in [-0.25, -0.2) is 9.59 Å². The van der Waals surface area contributed by atoms with Gasteiger partial charge in [0, 0.05) is 12.8 Å². The third-order valence-corrected chi connectivity index (χ3v) is 6.22. The summed E-state index contributed by atoms with van der Waals surface area (Å²) in [7, 11) is 0. The maximum atomic E-state index is 12.4. The number of aliphatic carboxylic acids is 1. The third-order valence-electron chi connectivity index (χ3n) is 6.22. The van der Waals surface area contributed by atoms with Crippen LogP contribution in [0.4, 0.5) is 4.79 Å². The summed E-state index contributed by atoms with van der Waals surface area (Å²) in [6.07, 6.45) is -0.333. The van der Waals surface area contributed by atoms with Crippen molar-refractivity contribution in [2.45, 2.75) is 57.7 Å². The summed E-state index contributed by atoms with van der Waals surface area (Å²) in [5.41, 5.74) is 0.725. The lowest BCUT2D eigenvalue weighted by molar-refractivity contribution is -0.152. The van der Waals surface area contributed by atoms with E-state index in [1.165, 1.54) is 0 Å². The Morgan fingerprint density at radius 3 is 2.05 bits per heavy atom. The molecule has 0 radical (unpaired) electrons. The molecule has 218 valence electrons. The second-order valence-electron chi connectivity index (χ2n) is 10.4. The first-order valence-corrected chi connectivity index (χ1v) is 13.0. The summed E-state index contributed by atoms with van der Waals surface area (Å²) in [4.78, 5) is 73.5. The molecule has 2 atom stereocenters. The summed E-state index contributed by atoms with van der Waals surface area (Å²) < 4.78 is 5.04. The summed E-state index contributed by atoms with van der Waals surface area (Å²) in [5, 5.41) is 20.4. The Hall–Kier alpha value is -4.58. The predicted octanol–water partition coefficient (Wildman–Crippen LogP) is 2.00. The Kier molecular flexibility index (Phi) is 9.95. The molecule has 1 unspecified atom stereocenters. The lowest BCUT2D eigenvalue weighted by Crippen LogP contribution is -2.56. The molecule has 0 bridgehead atoms. The van der Waals surface area contributed by atoms with Crippen molar-refractivity contribution in [1.29, 1.82) is 0 Å². The van der Waals surface area contributed by atoms with E-state index in [1.807, 2.05) is 30.3 Å². The zero-order valence-corrected chi connectivity index (χ0v) is 23.0. The number of ether oxygens (including phenoxy) is 1. The van der Waals surface area contributed by atoms with Gasteiger partial charge in [0.25, 0.3) is 17.7 Å². The molecule has 2 aromatic carbocycles. The van der Waals surface area contributed by atoms with Crippen LogP contribution in [0.5, 0.6) is 0 Å². The second kappa shape index (κ2) is 13.2. The number of β-amino-alcohol motifs (C(OH)–C–C–N with tert-alkyl or cyclic N) is 1. The highest BCUT2D eigenvalue weighted by Gasteiger charge is 2.46. The van der Waals surface area contributed by atoms with Crippen LogP contribution in [0.3, 0.4) is 0 Å². The number of hydrogen-bond donors (Lipinski definition) is 3.